The number of likely N-dealkylation sites (tertiary alicyclic amines) is 1. The molecule has 4 heteroatoms. The number of halogens is 1. The Balaban J connectivity index is 1.73. The molecule has 2 unspecified atom stereocenters. The highest BCUT2D eigenvalue weighted by Gasteiger charge is 2.35. The van der Waals surface area contributed by atoms with Crippen molar-refractivity contribution < 1.29 is 4.79 Å². The van der Waals surface area contributed by atoms with E-state index in [9.17, 15) is 4.79 Å². The molecule has 0 N–H and O–H groups in total. The number of thiophene rings is 1. The van der Waals surface area contributed by atoms with Crippen molar-refractivity contribution in [3.8, 4) is 0 Å². The summed E-state index contributed by atoms with van der Waals surface area (Å²) in [6.07, 6.45) is 8.09. The number of alkyl halides is 1. The number of amides is 1. The van der Waals surface area contributed by atoms with Crippen LogP contribution in [0.4, 0.5) is 0 Å². The first-order valence-corrected chi connectivity index (χ1v) is 9.74. The van der Waals surface area contributed by atoms with Gasteiger partial charge >= 0.3 is 0 Å². The molecule has 1 aromatic heterocycles. The third kappa shape index (κ3) is 2.82. The van der Waals surface area contributed by atoms with Gasteiger partial charge in [-0.15, -0.1) is 11.3 Å². The van der Waals surface area contributed by atoms with Crippen LogP contribution < -0.4 is 0 Å². The van der Waals surface area contributed by atoms with Gasteiger partial charge in [0.15, 0.2) is 0 Å². The maximum absolute atomic E-state index is 13.0. The lowest BCUT2D eigenvalue weighted by molar-refractivity contribution is -0.134. The molecule has 1 amide bonds. The number of aryl methyl sites for hydroxylation is 1. The van der Waals surface area contributed by atoms with Gasteiger partial charge in [-0.3, -0.25) is 4.79 Å². The summed E-state index contributed by atoms with van der Waals surface area (Å²) in [5.41, 5.74) is 1.33. The van der Waals surface area contributed by atoms with Crippen LogP contribution in [0, 0.1) is 0 Å². The largest absolute Gasteiger partial charge is 0.339 e. The lowest BCUT2D eigenvalue weighted by Crippen LogP contribution is -2.39. The minimum atomic E-state index is 0.148. The molecule has 2 atom stereocenters. The second kappa shape index (κ2) is 6.61. The maximum Gasteiger partial charge on any atom is 0.230 e. The van der Waals surface area contributed by atoms with Gasteiger partial charge in [-0.05, 0) is 62.0 Å². The predicted octanol–water partition coefficient (Wildman–Crippen LogP) is 4.33. The van der Waals surface area contributed by atoms with Crippen LogP contribution >= 0.6 is 27.3 Å². The lowest BCUT2D eigenvalue weighted by atomic mass is 9.86. The SMILES string of the molecule is O=C(C1CCCc2sccc21)N1CCCC1CCCBr. The zero-order valence-electron chi connectivity index (χ0n) is 11.8. The van der Waals surface area contributed by atoms with E-state index in [1.807, 2.05) is 11.3 Å². The topological polar surface area (TPSA) is 20.3 Å². The highest BCUT2D eigenvalue weighted by Crippen LogP contribution is 2.37. The smallest absolute Gasteiger partial charge is 0.230 e. The summed E-state index contributed by atoms with van der Waals surface area (Å²) in [5.74, 6) is 0.552. The van der Waals surface area contributed by atoms with E-state index in [1.165, 1.54) is 42.5 Å². The summed E-state index contributed by atoms with van der Waals surface area (Å²) in [5, 5.41) is 3.20. The Hall–Kier alpha value is -0.350. The fraction of sp³-hybridized carbons (Fsp3) is 0.688. The number of carbonyl (C=O) groups excluding carboxylic acids is 1. The molecule has 0 radical (unpaired) electrons. The molecule has 1 aromatic rings. The Morgan fingerprint density at radius 3 is 3.15 bits per heavy atom. The van der Waals surface area contributed by atoms with Crippen molar-refractivity contribution in [1.29, 1.82) is 0 Å². The second-order valence-corrected chi connectivity index (χ2v) is 7.70. The van der Waals surface area contributed by atoms with Crippen molar-refractivity contribution >= 4 is 33.2 Å². The Morgan fingerprint density at radius 2 is 2.30 bits per heavy atom. The predicted molar refractivity (Wildman–Crippen MR) is 87.8 cm³/mol. The molecular weight excluding hydrogens is 334 g/mol. The summed E-state index contributed by atoms with van der Waals surface area (Å²) in [6, 6.07) is 2.68. The lowest BCUT2D eigenvalue weighted by Gasteiger charge is -2.31. The van der Waals surface area contributed by atoms with Crippen LogP contribution in [0.3, 0.4) is 0 Å². The van der Waals surface area contributed by atoms with Crippen molar-refractivity contribution in [2.24, 2.45) is 0 Å². The van der Waals surface area contributed by atoms with Crippen LogP contribution in [-0.4, -0.2) is 28.7 Å². The summed E-state index contributed by atoms with van der Waals surface area (Å²) in [7, 11) is 0. The monoisotopic (exact) mass is 355 g/mol. The van der Waals surface area contributed by atoms with Crippen LogP contribution in [-0.2, 0) is 11.2 Å². The Kier molecular flexibility index (Phi) is 4.82. The zero-order valence-corrected chi connectivity index (χ0v) is 14.2. The van der Waals surface area contributed by atoms with E-state index < -0.39 is 0 Å². The molecule has 2 aliphatic rings. The molecule has 3 rings (SSSR count). The number of carbonyl (C=O) groups is 1. The number of nitrogens with zero attached hydrogens (tertiary/aromatic N) is 1. The minimum absolute atomic E-state index is 0.148. The molecule has 2 nitrogen and oxygen atoms in total. The molecule has 2 heterocycles. The highest BCUT2D eigenvalue weighted by molar-refractivity contribution is 9.09. The van der Waals surface area contributed by atoms with Crippen molar-refractivity contribution in [1.82, 2.24) is 4.90 Å². The standard InChI is InChI=1S/C16H22BrNOS/c17-9-2-4-12-5-3-10-18(12)16(19)14-6-1-7-15-13(14)8-11-20-15/h8,11-12,14H,1-7,9-10H2. The van der Waals surface area contributed by atoms with Crippen molar-refractivity contribution in [2.75, 3.05) is 11.9 Å². The van der Waals surface area contributed by atoms with Gasteiger partial charge in [0, 0.05) is 22.8 Å². The number of rotatable bonds is 4. The number of hydrogen-bond acceptors (Lipinski definition) is 2. The van der Waals surface area contributed by atoms with Gasteiger partial charge < -0.3 is 4.90 Å². The summed E-state index contributed by atoms with van der Waals surface area (Å²) in [6.45, 7) is 0.974. The molecule has 1 aliphatic carbocycles. The maximum atomic E-state index is 13.0. The van der Waals surface area contributed by atoms with Gasteiger partial charge in [0.25, 0.3) is 0 Å². The molecular formula is C16H22BrNOS. The van der Waals surface area contributed by atoms with E-state index in [-0.39, 0.29) is 5.92 Å². The van der Waals surface area contributed by atoms with Crippen molar-refractivity contribution in [3.05, 3.63) is 21.9 Å². The summed E-state index contributed by atoms with van der Waals surface area (Å²) in [4.78, 5) is 16.6. The van der Waals surface area contributed by atoms with E-state index in [0.29, 0.717) is 11.9 Å². The van der Waals surface area contributed by atoms with Gasteiger partial charge in [-0.25, -0.2) is 0 Å². The Morgan fingerprint density at radius 1 is 1.40 bits per heavy atom. The van der Waals surface area contributed by atoms with E-state index in [0.717, 1.165) is 24.7 Å². The fourth-order valence-corrected chi connectivity index (χ4v) is 4.99. The third-order valence-electron chi connectivity index (χ3n) is 4.68. The van der Waals surface area contributed by atoms with E-state index in [2.05, 4.69) is 32.3 Å². The zero-order chi connectivity index (χ0) is 13.9. The van der Waals surface area contributed by atoms with Gasteiger partial charge in [0.2, 0.25) is 5.91 Å². The van der Waals surface area contributed by atoms with Gasteiger partial charge in [0.1, 0.15) is 0 Å². The summed E-state index contributed by atoms with van der Waals surface area (Å²) < 4.78 is 0. The van der Waals surface area contributed by atoms with Crippen molar-refractivity contribution in [2.45, 2.75) is 56.9 Å². The fourth-order valence-electron chi connectivity index (χ4n) is 3.68. The highest BCUT2D eigenvalue weighted by atomic mass is 79.9. The first-order valence-electron chi connectivity index (χ1n) is 7.74. The molecule has 1 aliphatic heterocycles. The molecule has 0 bridgehead atoms. The third-order valence-corrected chi connectivity index (χ3v) is 6.24. The second-order valence-electron chi connectivity index (χ2n) is 5.90. The van der Waals surface area contributed by atoms with Gasteiger partial charge in [-0.1, -0.05) is 15.9 Å². The van der Waals surface area contributed by atoms with E-state index in [1.54, 1.807) is 0 Å². The van der Waals surface area contributed by atoms with Gasteiger partial charge in [0.05, 0.1) is 5.92 Å². The number of hydrogen-bond donors (Lipinski definition) is 0. The average molecular weight is 356 g/mol. The minimum Gasteiger partial charge on any atom is -0.339 e. The molecule has 1 saturated heterocycles. The first kappa shape index (κ1) is 14.6. The normalized spacial score (nSPS) is 25.8. The van der Waals surface area contributed by atoms with Crippen LogP contribution in [0.25, 0.3) is 0 Å². The Bertz CT molecular complexity index is 473. The van der Waals surface area contributed by atoms with Crippen LogP contribution in [0.2, 0.25) is 0 Å². The summed E-state index contributed by atoms with van der Waals surface area (Å²) >= 11 is 5.33. The average Bonchev–Trinajstić information content (AvgIpc) is 3.12. The molecule has 110 valence electrons. The molecule has 1 fully saturated rings. The molecule has 0 aromatic carbocycles. The van der Waals surface area contributed by atoms with Crippen LogP contribution in [0.1, 0.15) is 54.9 Å². The molecule has 0 spiro atoms. The van der Waals surface area contributed by atoms with Gasteiger partial charge in [-0.2, -0.15) is 0 Å². The van der Waals surface area contributed by atoms with E-state index in [4.69, 9.17) is 0 Å². The molecule has 0 saturated carbocycles. The quantitative estimate of drug-likeness (QED) is 0.735. The Labute approximate surface area is 133 Å². The van der Waals surface area contributed by atoms with Crippen molar-refractivity contribution in [3.63, 3.8) is 0 Å². The first-order chi connectivity index (χ1) is 9.81. The van der Waals surface area contributed by atoms with Crippen LogP contribution in [0.5, 0.6) is 0 Å². The van der Waals surface area contributed by atoms with Crippen LogP contribution in [0.15, 0.2) is 11.4 Å². The number of fused-ring (bicyclic) bond motifs is 1. The van der Waals surface area contributed by atoms with E-state index >= 15 is 0 Å². The molecule has 20 heavy (non-hydrogen) atoms.